The highest BCUT2D eigenvalue weighted by atomic mass is 16.3. The van der Waals surface area contributed by atoms with E-state index >= 15 is 0 Å². The van der Waals surface area contributed by atoms with Crippen molar-refractivity contribution >= 4 is 21.9 Å². The normalized spacial score (nSPS) is 11.0. The Morgan fingerprint density at radius 1 is 0.667 bits per heavy atom. The predicted molar refractivity (Wildman–Crippen MR) is 85.4 cm³/mol. The van der Waals surface area contributed by atoms with E-state index < -0.39 is 0 Å². The van der Waals surface area contributed by atoms with Crippen molar-refractivity contribution in [1.29, 1.82) is 0 Å². The van der Waals surface area contributed by atoms with Gasteiger partial charge in [-0.25, -0.2) is 0 Å². The van der Waals surface area contributed by atoms with E-state index in [9.17, 15) is 4.79 Å². The van der Waals surface area contributed by atoms with Gasteiger partial charge in [0.1, 0.15) is 11.2 Å². The van der Waals surface area contributed by atoms with Crippen LogP contribution in [0.2, 0.25) is 0 Å². The zero-order valence-electron chi connectivity index (χ0n) is 11.2. The number of hydrogen-bond donors (Lipinski definition) is 0. The van der Waals surface area contributed by atoms with Crippen LogP contribution in [0.5, 0.6) is 0 Å². The molecule has 0 atom stereocenters. The first-order chi connectivity index (χ1) is 10.3. The summed E-state index contributed by atoms with van der Waals surface area (Å²) in [5, 5.41) is 1.24. The first-order valence-corrected chi connectivity index (χ1v) is 6.84. The molecule has 21 heavy (non-hydrogen) atoms. The van der Waals surface area contributed by atoms with Crippen LogP contribution in [0.1, 0.15) is 0 Å². The van der Waals surface area contributed by atoms with E-state index in [1.165, 1.54) is 0 Å². The lowest BCUT2D eigenvalue weighted by atomic mass is 10.0. The average Bonchev–Trinajstić information content (AvgIpc) is 2.56. The summed E-state index contributed by atoms with van der Waals surface area (Å²) in [7, 11) is 0. The van der Waals surface area contributed by atoms with Gasteiger partial charge in [-0.3, -0.25) is 4.79 Å². The van der Waals surface area contributed by atoms with Gasteiger partial charge in [0, 0.05) is 5.56 Å². The maximum atomic E-state index is 12.6. The number of rotatable bonds is 1. The Balaban J connectivity index is 2.18. The number of fused-ring (bicyclic) bond motifs is 2. The molecule has 0 saturated heterocycles. The minimum atomic E-state index is 0.0182. The minimum absolute atomic E-state index is 0.0182. The van der Waals surface area contributed by atoms with E-state index in [-0.39, 0.29) is 5.43 Å². The van der Waals surface area contributed by atoms with Gasteiger partial charge in [-0.1, -0.05) is 54.6 Å². The molecular formula is C19H12O2. The Labute approximate surface area is 121 Å². The van der Waals surface area contributed by atoms with Gasteiger partial charge >= 0.3 is 0 Å². The first-order valence-electron chi connectivity index (χ1n) is 6.84. The molecule has 0 radical (unpaired) electrons. The lowest BCUT2D eigenvalue weighted by molar-refractivity contribution is 0.661. The molecule has 4 aromatic rings. The zero-order chi connectivity index (χ0) is 14.2. The number of hydrogen-bond acceptors (Lipinski definition) is 2. The maximum Gasteiger partial charge on any atom is 0.200 e. The fourth-order valence-corrected chi connectivity index (χ4v) is 2.67. The van der Waals surface area contributed by atoms with Crippen LogP contribution in [0, 0.1) is 0 Å². The van der Waals surface area contributed by atoms with Gasteiger partial charge in [-0.15, -0.1) is 0 Å². The third kappa shape index (κ3) is 1.84. The number of benzene rings is 3. The average molecular weight is 272 g/mol. The van der Waals surface area contributed by atoms with Gasteiger partial charge in [0.15, 0.2) is 0 Å². The first kappa shape index (κ1) is 11.9. The van der Waals surface area contributed by atoms with Crippen LogP contribution in [-0.4, -0.2) is 0 Å². The van der Waals surface area contributed by atoms with Crippen molar-refractivity contribution in [2.24, 2.45) is 0 Å². The van der Waals surface area contributed by atoms with Crippen molar-refractivity contribution in [2.75, 3.05) is 0 Å². The van der Waals surface area contributed by atoms with E-state index in [4.69, 9.17) is 4.42 Å². The Bertz CT molecular complexity index is 998. The van der Waals surface area contributed by atoms with Crippen LogP contribution in [0.25, 0.3) is 33.1 Å². The highest BCUT2D eigenvalue weighted by Gasteiger charge is 2.11. The highest BCUT2D eigenvalue weighted by Crippen LogP contribution is 2.29. The Morgan fingerprint density at radius 3 is 2.24 bits per heavy atom. The van der Waals surface area contributed by atoms with Crippen molar-refractivity contribution in [3.8, 4) is 11.1 Å². The molecule has 0 fully saturated rings. The van der Waals surface area contributed by atoms with Crippen LogP contribution in [0.4, 0.5) is 0 Å². The summed E-state index contributed by atoms with van der Waals surface area (Å²) in [4.78, 5) is 12.6. The fourth-order valence-electron chi connectivity index (χ4n) is 2.67. The molecule has 0 aliphatic carbocycles. The van der Waals surface area contributed by atoms with Gasteiger partial charge in [0.2, 0.25) is 5.43 Å². The third-order valence-electron chi connectivity index (χ3n) is 3.69. The molecule has 0 aliphatic heterocycles. The summed E-state index contributed by atoms with van der Waals surface area (Å²) < 4.78 is 6.01. The van der Waals surface area contributed by atoms with E-state index in [1.54, 1.807) is 6.07 Å². The number of para-hydroxylation sites is 2. The molecule has 100 valence electrons. The lowest BCUT2D eigenvalue weighted by Gasteiger charge is -2.07. The lowest BCUT2D eigenvalue weighted by Crippen LogP contribution is -2.02. The van der Waals surface area contributed by atoms with E-state index in [0.29, 0.717) is 21.9 Å². The molecule has 0 unspecified atom stereocenters. The fraction of sp³-hybridized carbons (Fsp3) is 0. The third-order valence-corrected chi connectivity index (χ3v) is 3.69. The second kappa shape index (κ2) is 4.60. The van der Waals surface area contributed by atoms with Crippen molar-refractivity contribution in [2.45, 2.75) is 0 Å². The molecule has 0 saturated carbocycles. The highest BCUT2D eigenvalue weighted by molar-refractivity contribution is 5.97. The Hall–Kier alpha value is -2.87. The van der Waals surface area contributed by atoms with Gasteiger partial charge in [0.25, 0.3) is 0 Å². The zero-order valence-corrected chi connectivity index (χ0v) is 11.2. The summed E-state index contributed by atoms with van der Waals surface area (Å²) in [5.74, 6) is 0. The molecular weight excluding hydrogens is 260 g/mol. The second-order valence-corrected chi connectivity index (χ2v) is 4.98. The SMILES string of the molecule is O=c1c2ccccc2oc2c(-c3ccccc3)cccc12. The molecule has 0 spiro atoms. The molecule has 1 aromatic heterocycles. The van der Waals surface area contributed by atoms with E-state index in [0.717, 1.165) is 11.1 Å². The molecule has 0 amide bonds. The second-order valence-electron chi connectivity index (χ2n) is 4.98. The summed E-state index contributed by atoms with van der Waals surface area (Å²) in [6.45, 7) is 0. The molecule has 0 N–H and O–H groups in total. The summed E-state index contributed by atoms with van der Waals surface area (Å²) >= 11 is 0. The van der Waals surface area contributed by atoms with Gasteiger partial charge < -0.3 is 4.42 Å². The quantitative estimate of drug-likeness (QED) is 0.473. The van der Waals surface area contributed by atoms with Crippen molar-refractivity contribution < 1.29 is 4.42 Å². The van der Waals surface area contributed by atoms with E-state index in [1.807, 2.05) is 66.7 Å². The van der Waals surface area contributed by atoms with Gasteiger partial charge in [-0.05, 0) is 23.8 Å². The van der Waals surface area contributed by atoms with Crippen LogP contribution in [-0.2, 0) is 0 Å². The summed E-state index contributed by atoms with van der Waals surface area (Å²) in [5.41, 5.74) is 3.27. The summed E-state index contributed by atoms with van der Waals surface area (Å²) in [6, 6.07) is 23.0. The van der Waals surface area contributed by atoms with Crippen molar-refractivity contribution in [3.63, 3.8) is 0 Å². The van der Waals surface area contributed by atoms with Crippen molar-refractivity contribution in [3.05, 3.63) is 83.0 Å². The molecule has 1 heterocycles. The van der Waals surface area contributed by atoms with E-state index in [2.05, 4.69) is 0 Å². The standard InChI is InChI=1S/C19H12O2/c20-18-15-9-4-5-12-17(15)21-19-14(10-6-11-16(18)19)13-7-2-1-3-8-13/h1-12H. The van der Waals surface area contributed by atoms with Crippen LogP contribution in [0.15, 0.2) is 82.0 Å². The molecule has 2 nitrogen and oxygen atoms in total. The monoisotopic (exact) mass is 272 g/mol. The predicted octanol–water partition coefficient (Wildman–Crippen LogP) is 4.61. The largest absolute Gasteiger partial charge is 0.455 e. The van der Waals surface area contributed by atoms with Gasteiger partial charge in [-0.2, -0.15) is 0 Å². The molecule has 2 heteroatoms. The minimum Gasteiger partial charge on any atom is -0.455 e. The topological polar surface area (TPSA) is 30.2 Å². The van der Waals surface area contributed by atoms with Gasteiger partial charge in [0.05, 0.1) is 10.8 Å². The molecule has 4 rings (SSSR count). The van der Waals surface area contributed by atoms with Crippen LogP contribution >= 0.6 is 0 Å². The van der Waals surface area contributed by atoms with Crippen LogP contribution in [0.3, 0.4) is 0 Å². The molecule has 3 aromatic carbocycles. The summed E-state index contributed by atoms with van der Waals surface area (Å²) in [6.07, 6.45) is 0. The van der Waals surface area contributed by atoms with Crippen molar-refractivity contribution in [1.82, 2.24) is 0 Å². The molecule has 0 bridgehead atoms. The Kier molecular flexibility index (Phi) is 2.61. The maximum absolute atomic E-state index is 12.6. The van der Waals surface area contributed by atoms with Crippen LogP contribution < -0.4 is 5.43 Å². The smallest absolute Gasteiger partial charge is 0.200 e. The molecule has 0 aliphatic rings. The Morgan fingerprint density at radius 2 is 1.38 bits per heavy atom.